The van der Waals surface area contributed by atoms with Gasteiger partial charge >= 0.3 is 0 Å². The number of furan rings is 1. The Labute approximate surface area is 107 Å². The molecule has 0 aliphatic rings. The number of nitrogens with zero attached hydrogens (tertiary/aromatic N) is 3. The van der Waals surface area contributed by atoms with Crippen molar-refractivity contribution in [1.29, 1.82) is 0 Å². The minimum atomic E-state index is 0.299. The van der Waals surface area contributed by atoms with Gasteiger partial charge < -0.3 is 4.42 Å². The van der Waals surface area contributed by atoms with Crippen molar-refractivity contribution in [3.05, 3.63) is 22.5 Å². The van der Waals surface area contributed by atoms with E-state index < -0.39 is 0 Å². The number of hydrogen-bond acceptors (Lipinski definition) is 4. The second-order valence-electron chi connectivity index (χ2n) is 4.12. The van der Waals surface area contributed by atoms with Crippen molar-refractivity contribution >= 4 is 22.2 Å². The molecule has 0 aliphatic heterocycles. The zero-order valence-corrected chi connectivity index (χ0v) is 11.1. The van der Waals surface area contributed by atoms with Crippen molar-refractivity contribution in [1.82, 2.24) is 15.0 Å². The Balaban J connectivity index is 2.49. The summed E-state index contributed by atoms with van der Waals surface area (Å²) in [6.07, 6.45) is 0.690. The fraction of sp³-hybridized carbons (Fsp3) is 0.364. The molecule has 90 valence electrons. The standard InChI is InChI=1S/C11H12BrN3O2/c1-7(2)5-15-11(8(6-16)13-14-15)9-3-4-10(12)17-9/h3-4,6-7H,5H2,1-2H3. The monoisotopic (exact) mass is 297 g/mol. The van der Waals surface area contributed by atoms with E-state index in [0.29, 0.717) is 40.6 Å². The molecule has 0 unspecified atom stereocenters. The molecule has 0 saturated carbocycles. The maximum absolute atomic E-state index is 10.9. The molecule has 0 amide bonds. The van der Waals surface area contributed by atoms with Crippen LogP contribution in [0.2, 0.25) is 0 Å². The van der Waals surface area contributed by atoms with E-state index >= 15 is 0 Å². The molecule has 0 saturated heterocycles. The summed E-state index contributed by atoms with van der Waals surface area (Å²) < 4.78 is 7.76. The Morgan fingerprint density at radius 3 is 2.82 bits per heavy atom. The zero-order valence-electron chi connectivity index (χ0n) is 9.55. The predicted molar refractivity (Wildman–Crippen MR) is 65.6 cm³/mol. The van der Waals surface area contributed by atoms with Crippen LogP contribution in [-0.4, -0.2) is 21.3 Å². The van der Waals surface area contributed by atoms with Crippen LogP contribution >= 0.6 is 15.9 Å². The highest BCUT2D eigenvalue weighted by atomic mass is 79.9. The Hall–Kier alpha value is -1.43. The van der Waals surface area contributed by atoms with Crippen molar-refractivity contribution in [2.75, 3.05) is 0 Å². The summed E-state index contributed by atoms with van der Waals surface area (Å²) in [5, 5.41) is 7.82. The largest absolute Gasteiger partial charge is 0.448 e. The molecule has 17 heavy (non-hydrogen) atoms. The van der Waals surface area contributed by atoms with Crippen molar-refractivity contribution in [2.45, 2.75) is 20.4 Å². The summed E-state index contributed by atoms with van der Waals surface area (Å²) in [7, 11) is 0. The maximum atomic E-state index is 10.9. The average molecular weight is 298 g/mol. The van der Waals surface area contributed by atoms with Gasteiger partial charge in [-0.05, 0) is 34.0 Å². The summed E-state index contributed by atoms with van der Waals surface area (Å²) in [5.41, 5.74) is 0.923. The topological polar surface area (TPSA) is 60.9 Å². The highest BCUT2D eigenvalue weighted by Crippen LogP contribution is 2.26. The fourth-order valence-electron chi connectivity index (χ4n) is 1.57. The third-order valence-corrected chi connectivity index (χ3v) is 2.64. The fourth-order valence-corrected chi connectivity index (χ4v) is 1.88. The van der Waals surface area contributed by atoms with Gasteiger partial charge in [-0.1, -0.05) is 19.1 Å². The van der Waals surface area contributed by atoms with E-state index in [9.17, 15) is 4.79 Å². The molecule has 2 heterocycles. The lowest BCUT2D eigenvalue weighted by atomic mass is 10.2. The average Bonchev–Trinajstić information content (AvgIpc) is 2.83. The molecule has 6 heteroatoms. The number of aldehydes is 1. The van der Waals surface area contributed by atoms with Crippen LogP contribution in [-0.2, 0) is 6.54 Å². The second-order valence-corrected chi connectivity index (χ2v) is 4.90. The molecule has 0 bridgehead atoms. The van der Waals surface area contributed by atoms with Crippen molar-refractivity contribution < 1.29 is 9.21 Å². The van der Waals surface area contributed by atoms with Gasteiger partial charge in [-0.3, -0.25) is 4.79 Å². The van der Waals surface area contributed by atoms with E-state index in [-0.39, 0.29) is 0 Å². The van der Waals surface area contributed by atoms with Crippen LogP contribution in [0.25, 0.3) is 11.5 Å². The SMILES string of the molecule is CC(C)Cn1nnc(C=O)c1-c1ccc(Br)o1. The highest BCUT2D eigenvalue weighted by molar-refractivity contribution is 9.10. The van der Waals surface area contributed by atoms with Crippen LogP contribution in [0, 0.1) is 5.92 Å². The summed E-state index contributed by atoms with van der Waals surface area (Å²) in [5.74, 6) is 0.998. The van der Waals surface area contributed by atoms with Crippen molar-refractivity contribution in [3.63, 3.8) is 0 Å². The number of aromatic nitrogens is 3. The van der Waals surface area contributed by atoms with Gasteiger partial charge in [-0.2, -0.15) is 0 Å². The molecule has 0 spiro atoms. The normalized spacial score (nSPS) is 11.1. The smallest absolute Gasteiger partial charge is 0.172 e. The van der Waals surface area contributed by atoms with Crippen molar-refractivity contribution in [3.8, 4) is 11.5 Å². The van der Waals surface area contributed by atoms with E-state index in [1.807, 2.05) is 0 Å². The summed E-state index contributed by atoms with van der Waals surface area (Å²) in [6.45, 7) is 4.84. The Morgan fingerprint density at radius 2 is 2.29 bits per heavy atom. The molecule has 2 rings (SSSR count). The lowest BCUT2D eigenvalue weighted by Gasteiger charge is -2.06. The van der Waals surface area contributed by atoms with E-state index in [1.54, 1.807) is 16.8 Å². The van der Waals surface area contributed by atoms with Crippen LogP contribution in [0.15, 0.2) is 21.2 Å². The maximum Gasteiger partial charge on any atom is 0.172 e. The number of rotatable bonds is 4. The first-order chi connectivity index (χ1) is 8.11. The second kappa shape index (κ2) is 4.83. The van der Waals surface area contributed by atoms with Crippen LogP contribution in [0.4, 0.5) is 0 Å². The Kier molecular flexibility index (Phi) is 3.42. The van der Waals surface area contributed by atoms with Gasteiger partial charge in [0.15, 0.2) is 22.4 Å². The van der Waals surface area contributed by atoms with Crippen LogP contribution in [0.5, 0.6) is 0 Å². The molecule has 0 radical (unpaired) electrons. The van der Waals surface area contributed by atoms with E-state index in [2.05, 4.69) is 40.1 Å². The van der Waals surface area contributed by atoms with Gasteiger partial charge in [0.25, 0.3) is 0 Å². The lowest BCUT2D eigenvalue weighted by molar-refractivity contribution is 0.111. The third kappa shape index (κ3) is 2.46. The predicted octanol–water partition coefficient (Wildman–Crippen LogP) is 2.77. The zero-order chi connectivity index (χ0) is 12.4. The van der Waals surface area contributed by atoms with Crippen LogP contribution < -0.4 is 0 Å². The summed E-state index contributed by atoms with van der Waals surface area (Å²) in [6, 6.07) is 3.56. The van der Waals surface area contributed by atoms with Crippen LogP contribution in [0.1, 0.15) is 24.3 Å². The lowest BCUT2D eigenvalue weighted by Crippen LogP contribution is -2.07. The van der Waals surface area contributed by atoms with Gasteiger partial charge in [0.1, 0.15) is 5.69 Å². The molecule has 0 fully saturated rings. The molecular weight excluding hydrogens is 286 g/mol. The number of halogens is 1. The third-order valence-electron chi connectivity index (χ3n) is 2.22. The van der Waals surface area contributed by atoms with Gasteiger partial charge in [0, 0.05) is 6.54 Å². The molecule has 0 aromatic carbocycles. The first-order valence-corrected chi connectivity index (χ1v) is 6.05. The molecule has 0 aliphatic carbocycles. The first-order valence-electron chi connectivity index (χ1n) is 5.26. The minimum Gasteiger partial charge on any atom is -0.448 e. The summed E-state index contributed by atoms with van der Waals surface area (Å²) >= 11 is 3.23. The van der Waals surface area contributed by atoms with Gasteiger partial charge in [0.2, 0.25) is 0 Å². The first kappa shape index (κ1) is 12.0. The molecular formula is C11H12BrN3O2. The van der Waals surface area contributed by atoms with E-state index in [1.165, 1.54) is 0 Å². The Bertz CT molecular complexity index is 531. The number of carbonyl (C=O) groups excluding carboxylic acids is 1. The molecule has 5 nitrogen and oxygen atoms in total. The summed E-state index contributed by atoms with van der Waals surface area (Å²) in [4.78, 5) is 10.9. The van der Waals surface area contributed by atoms with Gasteiger partial charge in [-0.25, -0.2) is 4.68 Å². The van der Waals surface area contributed by atoms with Crippen molar-refractivity contribution in [2.24, 2.45) is 5.92 Å². The number of carbonyl (C=O) groups is 1. The Morgan fingerprint density at radius 1 is 1.53 bits per heavy atom. The highest BCUT2D eigenvalue weighted by Gasteiger charge is 2.18. The minimum absolute atomic E-state index is 0.299. The van der Waals surface area contributed by atoms with Crippen LogP contribution in [0.3, 0.4) is 0 Å². The number of hydrogen-bond donors (Lipinski definition) is 0. The molecule has 2 aromatic heterocycles. The molecule has 0 N–H and O–H groups in total. The quantitative estimate of drug-likeness (QED) is 0.814. The van der Waals surface area contributed by atoms with Gasteiger partial charge in [0.05, 0.1) is 0 Å². The molecule has 2 aromatic rings. The molecule has 0 atom stereocenters. The van der Waals surface area contributed by atoms with E-state index in [0.717, 1.165) is 0 Å². The van der Waals surface area contributed by atoms with E-state index in [4.69, 9.17) is 4.42 Å². The van der Waals surface area contributed by atoms with Gasteiger partial charge in [-0.15, -0.1) is 5.10 Å².